The highest BCUT2D eigenvalue weighted by Crippen LogP contribution is 2.18. The third kappa shape index (κ3) is 3.55. The summed E-state index contributed by atoms with van der Waals surface area (Å²) in [5.41, 5.74) is 3.11. The summed E-state index contributed by atoms with van der Waals surface area (Å²) in [5, 5.41) is 3.46. The lowest BCUT2D eigenvalue weighted by Gasteiger charge is -2.09. The molecule has 20 heavy (non-hydrogen) atoms. The number of benzene rings is 1. The van der Waals surface area contributed by atoms with Crippen LogP contribution in [0.1, 0.15) is 5.56 Å². The maximum absolute atomic E-state index is 13.5. The molecule has 0 aliphatic carbocycles. The standard InChI is InChI=1S/C13H13ClF2N4/c14-9-3-1-8(2-4-9)5-6-18-12-10(15)7-11(16)13(19-12)20-17/h1-4,7H,5-6,17H2,(H2,18,19,20). The Kier molecular flexibility index (Phi) is 4.70. The van der Waals surface area contributed by atoms with E-state index in [1.54, 1.807) is 12.1 Å². The van der Waals surface area contributed by atoms with Crippen LogP contribution in [-0.2, 0) is 6.42 Å². The van der Waals surface area contributed by atoms with Gasteiger partial charge in [0.15, 0.2) is 23.3 Å². The average molecular weight is 299 g/mol. The Balaban J connectivity index is 1.98. The number of rotatable bonds is 5. The van der Waals surface area contributed by atoms with Crippen molar-refractivity contribution in [2.45, 2.75) is 6.42 Å². The van der Waals surface area contributed by atoms with Crippen LogP contribution in [0.2, 0.25) is 5.02 Å². The number of nitrogens with zero attached hydrogens (tertiary/aromatic N) is 1. The van der Waals surface area contributed by atoms with Crippen molar-refractivity contribution in [1.82, 2.24) is 4.98 Å². The van der Waals surface area contributed by atoms with Crippen LogP contribution in [0.15, 0.2) is 30.3 Å². The maximum Gasteiger partial charge on any atom is 0.178 e. The van der Waals surface area contributed by atoms with Crippen molar-refractivity contribution < 1.29 is 8.78 Å². The number of anilines is 2. The Bertz CT molecular complexity index is 590. The van der Waals surface area contributed by atoms with Gasteiger partial charge < -0.3 is 10.7 Å². The van der Waals surface area contributed by atoms with Crippen LogP contribution >= 0.6 is 11.6 Å². The molecule has 0 bridgehead atoms. The van der Waals surface area contributed by atoms with Crippen LogP contribution in [0.3, 0.4) is 0 Å². The van der Waals surface area contributed by atoms with Crippen molar-refractivity contribution in [3.05, 3.63) is 52.6 Å². The second-order valence-electron chi connectivity index (χ2n) is 4.10. The lowest BCUT2D eigenvalue weighted by atomic mass is 10.1. The molecule has 0 saturated carbocycles. The van der Waals surface area contributed by atoms with Gasteiger partial charge in [0, 0.05) is 17.6 Å². The zero-order valence-electron chi connectivity index (χ0n) is 10.5. The van der Waals surface area contributed by atoms with Crippen molar-refractivity contribution in [3.63, 3.8) is 0 Å². The van der Waals surface area contributed by atoms with Gasteiger partial charge in [-0.3, -0.25) is 0 Å². The van der Waals surface area contributed by atoms with Gasteiger partial charge in [0.1, 0.15) is 0 Å². The summed E-state index contributed by atoms with van der Waals surface area (Å²) in [6.45, 7) is 0.446. The molecule has 4 nitrogen and oxygen atoms in total. The highest BCUT2D eigenvalue weighted by Gasteiger charge is 2.10. The first-order valence-electron chi connectivity index (χ1n) is 5.91. The van der Waals surface area contributed by atoms with Gasteiger partial charge in [-0.15, -0.1) is 0 Å². The monoisotopic (exact) mass is 298 g/mol. The number of hydrogen-bond acceptors (Lipinski definition) is 4. The maximum atomic E-state index is 13.5. The topological polar surface area (TPSA) is 63.0 Å². The first-order chi connectivity index (χ1) is 9.60. The lowest BCUT2D eigenvalue weighted by molar-refractivity contribution is 0.578. The van der Waals surface area contributed by atoms with E-state index in [1.807, 2.05) is 12.1 Å². The quantitative estimate of drug-likeness (QED) is 0.586. The van der Waals surface area contributed by atoms with Crippen LogP contribution in [0, 0.1) is 11.6 Å². The van der Waals surface area contributed by atoms with E-state index in [9.17, 15) is 8.78 Å². The second-order valence-corrected chi connectivity index (χ2v) is 4.53. The fourth-order valence-electron chi connectivity index (χ4n) is 1.67. The summed E-state index contributed by atoms with van der Waals surface area (Å²) in [6, 6.07) is 8.05. The molecule has 1 aromatic carbocycles. The molecule has 0 amide bonds. The molecular formula is C13H13ClF2N4. The summed E-state index contributed by atoms with van der Waals surface area (Å²) < 4.78 is 26.7. The first kappa shape index (κ1) is 14.5. The van der Waals surface area contributed by atoms with E-state index in [1.165, 1.54) is 0 Å². The number of nitrogens with one attached hydrogen (secondary N) is 2. The Morgan fingerprint density at radius 3 is 2.40 bits per heavy atom. The number of aromatic nitrogens is 1. The molecule has 0 aliphatic heterocycles. The van der Waals surface area contributed by atoms with E-state index in [0.29, 0.717) is 18.0 Å². The van der Waals surface area contributed by atoms with E-state index < -0.39 is 11.6 Å². The fourth-order valence-corrected chi connectivity index (χ4v) is 1.79. The highest BCUT2D eigenvalue weighted by molar-refractivity contribution is 6.30. The minimum absolute atomic E-state index is 0.0479. The summed E-state index contributed by atoms with van der Waals surface area (Å²) >= 11 is 5.78. The number of nitrogen functional groups attached to an aromatic ring is 1. The molecule has 1 aromatic heterocycles. The van der Waals surface area contributed by atoms with E-state index in [-0.39, 0.29) is 11.6 Å². The normalized spacial score (nSPS) is 10.4. The summed E-state index contributed by atoms with van der Waals surface area (Å²) in [5.74, 6) is 3.23. The van der Waals surface area contributed by atoms with Gasteiger partial charge in [0.2, 0.25) is 0 Å². The van der Waals surface area contributed by atoms with Gasteiger partial charge in [-0.2, -0.15) is 0 Å². The van der Waals surface area contributed by atoms with E-state index in [2.05, 4.69) is 15.7 Å². The van der Waals surface area contributed by atoms with Gasteiger partial charge in [-0.1, -0.05) is 23.7 Å². The Hall–Kier alpha value is -1.92. The van der Waals surface area contributed by atoms with Gasteiger partial charge in [-0.05, 0) is 24.1 Å². The molecule has 0 unspecified atom stereocenters. The molecule has 0 spiro atoms. The Morgan fingerprint density at radius 2 is 1.75 bits per heavy atom. The second kappa shape index (κ2) is 6.49. The van der Waals surface area contributed by atoms with Gasteiger partial charge in [0.25, 0.3) is 0 Å². The molecule has 106 valence electrons. The predicted octanol–water partition coefficient (Wildman–Crippen LogP) is 2.95. The Morgan fingerprint density at radius 1 is 1.10 bits per heavy atom. The Labute approximate surface area is 119 Å². The SMILES string of the molecule is NNc1nc(NCCc2ccc(Cl)cc2)c(F)cc1F. The smallest absolute Gasteiger partial charge is 0.178 e. The largest absolute Gasteiger partial charge is 0.367 e. The van der Waals surface area contributed by atoms with E-state index in [4.69, 9.17) is 17.4 Å². The van der Waals surface area contributed by atoms with Crippen LogP contribution in [-0.4, -0.2) is 11.5 Å². The molecule has 2 rings (SSSR count). The number of nitrogens with two attached hydrogens (primary N) is 1. The van der Waals surface area contributed by atoms with Crippen molar-refractivity contribution >= 4 is 23.2 Å². The summed E-state index contributed by atoms with van der Waals surface area (Å²) in [6.07, 6.45) is 0.654. The molecule has 0 aliphatic rings. The van der Waals surface area contributed by atoms with Crippen molar-refractivity contribution in [2.75, 3.05) is 17.3 Å². The predicted molar refractivity (Wildman–Crippen MR) is 75.6 cm³/mol. The summed E-state index contributed by atoms with van der Waals surface area (Å²) in [4.78, 5) is 3.72. The van der Waals surface area contributed by atoms with Gasteiger partial charge in [0.05, 0.1) is 0 Å². The van der Waals surface area contributed by atoms with E-state index >= 15 is 0 Å². The third-order valence-electron chi connectivity index (χ3n) is 2.69. The van der Waals surface area contributed by atoms with E-state index in [0.717, 1.165) is 11.6 Å². The molecule has 0 saturated heterocycles. The number of hydrazine groups is 1. The molecule has 7 heteroatoms. The zero-order valence-corrected chi connectivity index (χ0v) is 11.2. The van der Waals surface area contributed by atoms with Crippen LogP contribution in [0.4, 0.5) is 20.4 Å². The number of halogens is 3. The molecule has 0 radical (unpaired) electrons. The zero-order chi connectivity index (χ0) is 14.5. The van der Waals surface area contributed by atoms with Gasteiger partial charge >= 0.3 is 0 Å². The van der Waals surface area contributed by atoms with Crippen LogP contribution < -0.4 is 16.6 Å². The third-order valence-corrected chi connectivity index (χ3v) is 2.94. The van der Waals surface area contributed by atoms with Crippen molar-refractivity contribution in [3.8, 4) is 0 Å². The molecule has 4 N–H and O–H groups in total. The molecule has 1 heterocycles. The van der Waals surface area contributed by atoms with Crippen LogP contribution in [0.5, 0.6) is 0 Å². The minimum Gasteiger partial charge on any atom is -0.367 e. The molecule has 0 fully saturated rings. The average Bonchev–Trinajstić information content (AvgIpc) is 2.43. The van der Waals surface area contributed by atoms with Crippen molar-refractivity contribution in [2.24, 2.45) is 5.84 Å². The highest BCUT2D eigenvalue weighted by atomic mass is 35.5. The fraction of sp³-hybridized carbons (Fsp3) is 0.154. The minimum atomic E-state index is -0.840. The first-order valence-corrected chi connectivity index (χ1v) is 6.29. The molecular weight excluding hydrogens is 286 g/mol. The lowest BCUT2D eigenvalue weighted by Crippen LogP contribution is -2.14. The number of pyridine rings is 1. The summed E-state index contributed by atoms with van der Waals surface area (Å²) in [7, 11) is 0. The van der Waals surface area contributed by atoms with Crippen LogP contribution in [0.25, 0.3) is 0 Å². The molecule has 0 atom stereocenters. The van der Waals surface area contributed by atoms with Gasteiger partial charge in [-0.25, -0.2) is 19.6 Å². The van der Waals surface area contributed by atoms with Crippen molar-refractivity contribution in [1.29, 1.82) is 0 Å². The molecule has 2 aromatic rings. The number of hydrogen-bond donors (Lipinski definition) is 3.